The van der Waals surface area contributed by atoms with Gasteiger partial charge in [0.15, 0.2) is 0 Å². The zero-order valence-electron chi connectivity index (χ0n) is 28.6. The number of fused-ring (bicyclic) bond motifs is 1. The van der Waals surface area contributed by atoms with Crippen molar-refractivity contribution in [1.82, 2.24) is 15.1 Å². The maximum absolute atomic E-state index is 13.9. The molecule has 1 aliphatic rings. The Hall–Kier alpha value is -5.42. The molecule has 1 aromatic heterocycles. The van der Waals surface area contributed by atoms with Crippen LogP contribution in [-0.4, -0.2) is 87.3 Å². The molecule has 50 heavy (non-hydrogen) atoms. The standard InChI is InChI=1S/C36H38FN5O7S/c1-7-42(50(6,46)47)29-19-30-28(31(33(43)39-5)32(48-30)22-11-13-25(37)14-12-22)18-27(29)23-9-8-10-24(17-23)34(44)41-16-15-40(21-26(41)20-38)35(45)49-36(2,3)4/h8-14,17-19,26H,7,15-16,21H2,1-6H3,(H,39,43)/t26-/m0/s1. The second-order valence-corrected chi connectivity index (χ2v) is 14.7. The zero-order chi connectivity index (χ0) is 36.5. The van der Waals surface area contributed by atoms with Gasteiger partial charge >= 0.3 is 6.09 Å². The SMILES string of the molecule is CCN(c1cc2oc(-c3ccc(F)cc3)c(C(=O)NC)c2cc1-c1cccc(C(=O)N2CCN(C(=O)OC(C)(C)C)C[C@@H]2C#N)c1)S(C)(=O)=O. The molecular formula is C36H38FN5O7S. The number of benzene rings is 3. The molecule has 262 valence electrons. The molecule has 2 heterocycles. The van der Waals surface area contributed by atoms with Crippen molar-refractivity contribution >= 4 is 44.6 Å². The van der Waals surface area contributed by atoms with Crippen molar-refractivity contribution < 1.29 is 36.3 Å². The van der Waals surface area contributed by atoms with Crippen molar-refractivity contribution in [1.29, 1.82) is 5.26 Å². The first-order chi connectivity index (χ1) is 23.6. The summed E-state index contributed by atoms with van der Waals surface area (Å²) in [7, 11) is -2.35. The average molecular weight is 704 g/mol. The van der Waals surface area contributed by atoms with Crippen LogP contribution in [0.5, 0.6) is 0 Å². The number of halogens is 1. The molecule has 3 amide bonds. The smallest absolute Gasteiger partial charge is 0.410 e. The number of sulfonamides is 1. The largest absolute Gasteiger partial charge is 0.455 e. The molecule has 1 aliphatic heterocycles. The number of nitrogens with one attached hydrogen (secondary N) is 1. The van der Waals surface area contributed by atoms with Crippen LogP contribution in [0.3, 0.4) is 0 Å². The highest BCUT2D eigenvalue weighted by atomic mass is 32.2. The Balaban J connectivity index is 1.62. The topological polar surface area (TPSA) is 153 Å². The summed E-state index contributed by atoms with van der Waals surface area (Å²) in [6.45, 7) is 7.20. The summed E-state index contributed by atoms with van der Waals surface area (Å²) in [5.74, 6) is -1.23. The van der Waals surface area contributed by atoms with E-state index in [0.717, 1.165) is 6.26 Å². The Bertz CT molecular complexity index is 2120. The normalized spacial score (nSPS) is 15.0. The van der Waals surface area contributed by atoms with Crippen molar-refractivity contribution in [2.45, 2.75) is 39.3 Å². The van der Waals surface area contributed by atoms with E-state index < -0.39 is 45.4 Å². The van der Waals surface area contributed by atoms with Gasteiger partial charge < -0.3 is 24.3 Å². The quantitative estimate of drug-likeness (QED) is 0.260. The third-order valence-corrected chi connectivity index (χ3v) is 9.44. The average Bonchev–Trinajstić information content (AvgIpc) is 3.44. The lowest BCUT2D eigenvalue weighted by Crippen LogP contribution is -2.56. The van der Waals surface area contributed by atoms with Gasteiger partial charge in [0, 0.05) is 54.8 Å². The first kappa shape index (κ1) is 35.9. The van der Waals surface area contributed by atoms with E-state index in [0.29, 0.717) is 22.1 Å². The van der Waals surface area contributed by atoms with Gasteiger partial charge in [-0.25, -0.2) is 17.6 Å². The summed E-state index contributed by atoms with van der Waals surface area (Å²) in [5, 5.41) is 13.0. The second kappa shape index (κ2) is 13.8. The number of ether oxygens (including phenoxy) is 1. The fourth-order valence-electron chi connectivity index (χ4n) is 5.92. The van der Waals surface area contributed by atoms with Crippen molar-refractivity contribution in [2.24, 2.45) is 0 Å². The van der Waals surface area contributed by atoms with Crippen molar-refractivity contribution in [2.75, 3.05) is 43.8 Å². The van der Waals surface area contributed by atoms with E-state index in [1.54, 1.807) is 58.0 Å². The minimum Gasteiger partial charge on any atom is -0.455 e. The number of furan rings is 1. The molecule has 0 unspecified atom stereocenters. The lowest BCUT2D eigenvalue weighted by Gasteiger charge is -2.38. The van der Waals surface area contributed by atoms with Crippen LogP contribution in [0.25, 0.3) is 33.4 Å². The van der Waals surface area contributed by atoms with E-state index in [-0.39, 0.29) is 54.3 Å². The zero-order valence-corrected chi connectivity index (χ0v) is 29.4. The highest BCUT2D eigenvalue weighted by Gasteiger charge is 2.35. The monoisotopic (exact) mass is 703 g/mol. The second-order valence-electron chi connectivity index (χ2n) is 12.8. The van der Waals surface area contributed by atoms with E-state index >= 15 is 0 Å². The number of carbonyl (C=O) groups excluding carboxylic acids is 3. The number of nitrogens with zero attached hydrogens (tertiary/aromatic N) is 4. The lowest BCUT2D eigenvalue weighted by molar-refractivity contribution is 0.00926. The summed E-state index contributed by atoms with van der Waals surface area (Å²) in [5.41, 5.74) is 1.42. The fourth-order valence-corrected chi connectivity index (χ4v) is 6.90. The van der Waals surface area contributed by atoms with Gasteiger partial charge in [0.25, 0.3) is 11.8 Å². The molecule has 0 aliphatic carbocycles. The number of carbonyl (C=O) groups is 3. The van der Waals surface area contributed by atoms with E-state index in [1.165, 1.54) is 51.5 Å². The molecule has 1 atom stereocenters. The van der Waals surface area contributed by atoms with Crippen molar-refractivity contribution in [3.63, 3.8) is 0 Å². The molecule has 14 heteroatoms. The van der Waals surface area contributed by atoms with E-state index in [2.05, 4.69) is 11.4 Å². The summed E-state index contributed by atoms with van der Waals surface area (Å²) in [4.78, 5) is 42.7. The summed E-state index contributed by atoms with van der Waals surface area (Å²) in [6, 6.07) is 16.3. The molecule has 4 aromatic rings. The molecule has 0 bridgehead atoms. The number of rotatable bonds is 7. The van der Waals surface area contributed by atoms with Crippen LogP contribution >= 0.6 is 0 Å². The van der Waals surface area contributed by atoms with E-state index in [1.807, 2.05) is 0 Å². The van der Waals surface area contributed by atoms with Crippen LogP contribution in [0.4, 0.5) is 14.9 Å². The Morgan fingerprint density at radius 3 is 2.38 bits per heavy atom. The third kappa shape index (κ3) is 7.28. The summed E-state index contributed by atoms with van der Waals surface area (Å²) < 4.78 is 52.7. The molecule has 12 nitrogen and oxygen atoms in total. The van der Waals surface area contributed by atoms with Gasteiger partial charge in [-0.1, -0.05) is 12.1 Å². The van der Waals surface area contributed by atoms with Crippen LogP contribution in [0.2, 0.25) is 0 Å². The van der Waals surface area contributed by atoms with Crippen LogP contribution in [0.15, 0.2) is 65.1 Å². The number of anilines is 1. The van der Waals surface area contributed by atoms with Gasteiger partial charge in [-0.05, 0) is 75.7 Å². The predicted octanol–water partition coefficient (Wildman–Crippen LogP) is 5.64. The Morgan fingerprint density at radius 2 is 1.78 bits per heavy atom. The molecule has 1 N–H and O–H groups in total. The molecule has 5 rings (SSSR count). The van der Waals surface area contributed by atoms with Gasteiger partial charge in [0.05, 0.1) is 30.1 Å². The van der Waals surface area contributed by atoms with Crippen LogP contribution in [-0.2, 0) is 14.8 Å². The fraction of sp³-hybridized carbons (Fsp3) is 0.333. The Labute approximate surface area is 290 Å². The summed E-state index contributed by atoms with van der Waals surface area (Å²) in [6.07, 6.45) is 0.505. The number of amides is 3. The van der Waals surface area contributed by atoms with E-state index in [4.69, 9.17) is 9.15 Å². The predicted molar refractivity (Wildman–Crippen MR) is 187 cm³/mol. The van der Waals surface area contributed by atoms with Crippen molar-refractivity contribution in [3.8, 4) is 28.5 Å². The maximum atomic E-state index is 13.9. The minimum atomic E-state index is -3.81. The Morgan fingerprint density at radius 1 is 1.08 bits per heavy atom. The number of hydrogen-bond donors (Lipinski definition) is 1. The lowest BCUT2D eigenvalue weighted by atomic mass is 9.96. The van der Waals surface area contributed by atoms with Crippen molar-refractivity contribution in [3.05, 3.63) is 77.6 Å². The van der Waals surface area contributed by atoms with Crippen LogP contribution in [0, 0.1) is 17.1 Å². The van der Waals surface area contributed by atoms with Gasteiger partial charge in [0.2, 0.25) is 10.0 Å². The third-order valence-electron chi connectivity index (χ3n) is 8.19. The molecule has 3 aromatic carbocycles. The molecule has 0 spiro atoms. The molecule has 0 saturated carbocycles. The number of hydrogen-bond acceptors (Lipinski definition) is 8. The van der Waals surface area contributed by atoms with Crippen LogP contribution in [0.1, 0.15) is 48.4 Å². The van der Waals surface area contributed by atoms with E-state index in [9.17, 15) is 32.5 Å². The highest BCUT2D eigenvalue weighted by molar-refractivity contribution is 7.92. The maximum Gasteiger partial charge on any atom is 0.410 e. The molecule has 1 fully saturated rings. The molecule has 0 radical (unpaired) electrons. The molecule has 1 saturated heterocycles. The first-order valence-electron chi connectivity index (χ1n) is 15.9. The summed E-state index contributed by atoms with van der Waals surface area (Å²) >= 11 is 0. The minimum absolute atomic E-state index is 0.0311. The van der Waals surface area contributed by atoms with Gasteiger partial charge in [-0.15, -0.1) is 0 Å². The van der Waals surface area contributed by atoms with Crippen LogP contribution < -0.4 is 9.62 Å². The first-order valence-corrected chi connectivity index (χ1v) is 17.8. The number of nitriles is 1. The number of piperazine rings is 1. The van der Waals surface area contributed by atoms with Gasteiger partial charge in [-0.2, -0.15) is 5.26 Å². The van der Waals surface area contributed by atoms with Gasteiger partial charge in [0.1, 0.15) is 28.8 Å². The molecular weight excluding hydrogens is 665 g/mol. The van der Waals surface area contributed by atoms with Gasteiger partial charge in [-0.3, -0.25) is 13.9 Å². The Kier molecular flexibility index (Phi) is 9.92. The highest BCUT2D eigenvalue weighted by Crippen LogP contribution is 2.42.